The van der Waals surface area contributed by atoms with Gasteiger partial charge in [0.15, 0.2) is 0 Å². The van der Waals surface area contributed by atoms with Crippen molar-refractivity contribution in [3.63, 3.8) is 0 Å². The lowest BCUT2D eigenvalue weighted by Crippen LogP contribution is -2.17. The summed E-state index contributed by atoms with van der Waals surface area (Å²) in [6.45, 7) is 11.3. The highest BCUT2D eigenvalue weighted by molar-refractivity contribution is 6.30. The van der Waals surface area contributed by atoms with Crippen molar-refractivity contribution in [2.24, 2.45) is 5.92 Å². The van der Waals surface area contributed by atoms with Crippen LogP contribution < -0.4 is 5.32 Å². The Hall–Kier alpha value is -1.21. The van der Waals surface area contributed by atoms with Crippen molar-refractivity contribution in [1.82, 2.24) is 5.32 Å². The molecule has 1 N–H and O–H groups in total. The SMILES string of the molecule is C=C(C)c1cc(Cl)ccc1CC(C)CN/C=C\C. The van der Waals surface area contributed by atoms with Crippen LogP contribution in [0.25, 0.3) is 5.57 Å². The maximum absolute atomic E-state index is 6.04. The topological polar surface area (TPSA) is 12.0 Å². The molecule has 1 unspecified atom stereocenters. The highest BCUT2D eigenvalue weighted by Crippen LogP contribution is 2.24. The molecule has 1 nitrogen and oxygen atoms in total. The third-order valence-corrected chi connectivity index (χ3v) is 3.09. The smallest absolute Gasteiger partial charge is 0.0412 e. The minimum atomic E-state index is 0.570. The fourth-order valence-electron chi connectivity index (χ4n) is 1.96. The Morgan fingerprint density at radius 2 is 2.22 bits per heavy atom. The van der Waals surface area contributed by atoms with E-state index in [1.54, 1.807) is 0 Å². The summed E-state index contributed by atoms with van der Waals surface area (Å²) >= 11 is 6.04. The predicted octanol–water partition coefficient (Wildman–Crippen LogP) is 4.67. The van der Waals surface area contributed by atoms with E-state index in [-0.39, 0.29) is 0 Å². The summed E-state index contributed by atoms with van der Waals surface area (Å²) < 4.78 is 0. The van der Waals surface area contributed by atoms with Crippen LogP contribution >= 0.6 is 11.6 Å². The molecule has 0 bridgehead atoms. The van der Waals surface area contributed by atoms with Crippen LogP contribution in [0, 0.1) is 5.92 Å². The van der Waals surface area contributed by atoms with Crippen LogP contribution in [0.2, 0.25) is 5.02 Å². The Bertz CT molecular complexity index is 435. The van der Waals surface area contributed by atoms with Crippen molar-refractivity contribution in [3.05, 3.63) is 53.2 Å². The molecule has 0 heterocycles. The second-order valence-electron chi connectivity index (χ2n) is 4.80. The third kappa shape index (κ3) is 4.58. The maximum Gasteiger partial charge on any atom is 0.0412 e. The molecule has 0 saturated carbocycles. The first-order valence-electron chi connectivity index (χ1n) is 6.33. The minimum absolute atomic E-state index is 0.570. The average molecular weight is 264 g/mol. The fraction of sp³-hybridized carbons (Fsp3) is 0.375. The molecule has 1 atom stereocenters. The van der Waals surface area contributed by atoms with E-state index in [9.17, 15) is 0 Å². The van der Waals surface area contributed by atoms with Crippen LogP contribution in [0.1, 0.15) is 31.9 Å². The molecule has 1 aromatic carbocycles. The number of benzene rings is 1. The summed E-state index contributed by atoms with van der Waals surface area (Å²) in [6.07, 6.45) is 5.02. The quantitative estimate of drug-likeness (QED) is 0.786. The summed E-state index contributed by atoms with van der Waals surface area (Å²) in [5.41, 5.74) is 3.57. The van der Waals surface area contributed by atoms with Gasteiger partial charge < -0.3 is 5.32 Å². The molecule has 0 spiro atoms. The van der Waals surface area contributed by atoms with Crippen molar-refractivity contribution in [3.8, 4) is 0 Å². The van der Waals surface area contributed by atoms with Crippen LogP contribution in [-0.2, 0) is 6.42 Å². The molecule has 18 heavy (non-hydrogen) atoms. The van der Waals surface area contributed by atoms with Gasteiger partial charge in [-0.05, 0) is 55.6 Å². The van der Waals surface area contributed by atoms with Gasteiger partial charge in [-0.2, -0.15) is 0 Å². The summed E-state index contributed by atoms with van der Waals surface area (Å²) in [7, 11) is 0. The molecule has 0 fully saturated rings. The number of hydrogen-bond acceptors (Lipinski definition) is 1. The van der Waals surface area contributed by atoms with Gasteiger partial charge in [0.05, 0.1) is 0 Å². The zero-order valence-electron chi connectivity index (χ0n) is 11.5. The number of allylic oxidation sites excluding steroid dienone is 2. The Morgan fingerprint density at radius 1 is 1.50 bits per heavy atom. The second-order valence-corrected chi connectivity index (χ2v) is 5.24. The maximum atomic E-state index is 6.04. The lowest BCUT2D eigenvalue weighted by Gasteiger charge is -2.15. The molecular weight excluding hydrogens is 242 g/mol. The fourth-order valence-corrected chi connectivity index (χ4v) is 2.13. The normalized spacial score (nSPS) is 12.7. The first-order chi connectivity index (χ1) is 8.54. The van der Waals surface area contributed by atoms with Crippen LogP contribution in [0.15, 0.2) is 37.1 Å². The molecule has 0 aliphatic rings. The van der Waals surface area contributed by atoms with E-state index in [1.165, 1.54) is 11.1 Å². The van der Waals surface area contributed by atoms with E-state index >= 15 is 0 Å². The van der Waals surface area contributed by atoms with Gasteiger partial charge in [0.1, 0.15) is 0 Å². The van der Waals surface area contributed by atoms with Gasteiger partial charge in [-0.3, -0.25) is 0 Å². The molecule has 0 saturated heterocycles. The van der Waals surface area contributed by atoms with Crippen LogP contribution in [-0.4, -0.2) is 6.54 Å². The zero-order valence-corrected chi connectivity index (χ0v) is 12.2. The lowest BCUT2D eigenvalue weighted by atomic mass is 9.94. The van der Waals surface area contributed by atoms with Crippen LogP contribution in [0.5, 0.6) is 0 Å². The molecule has 98 valence electrons. The first kappa shape index (κ1) is 14.8. The monoisotopic (exact) mass is 263 g/mol. The molecule has 1 aromatic rings. The van der Waals surface area contributed by atoms with E-state index in [0.29, 0.717) is 5.92 Å². The van der Waals surface area contributed by atoms with E-state index in [1.807, 2.05) is 38.3 Å². The van der Waals surface area contributed by atoms with Crippen molar-refractivity contribution >= 4 is 17.2 Å². The highest BCUT2D eigenvalue weighted by Gasteiger charge is 2.08. The van der Waals surface area contributed by atoms with Gasteiger partial charge in [-0.15, -0.1) is 0 Å². The Labute approximate surface area is 116 Å². The standard InChI is InChI=1S/C16H22ClN/c1-5-8-18-11-13(4)9-14-6-7-15(17)10-16(14)12(2)3/h5-8,10,13,18H,2,9,11H2,1,3-4H3/b8-5-. The minimum Gasteiger partial charge on any atom is -0.391 e. The molecule has 0 aliphatic carbocycles. The van der Waals surface area contributed by atoms with Gasteiger partial charge in [0, 0.05) is 11.6 Å². The van der Waals surface area contributed by atoms with Crippen molar-refractivity contribution in [2.75, 3.05) is 6.54 Å². The predicted molar refractivity (Wildman–Crippen MR) is 81.8 cm³/mol. The molecular formula is C16H22ClN. The third-order valence-electron chi connectivity index (χ3n) is 2.85. The number of halogens is 1. The Balaban J connectivity index is 2.74. The molecule has 1 rings (SSSR count). The summed E-state index contributed by atoms with van der Waals surface area (Å²) in [5, 5.41) is 4.06. The number of rotatable bonds is 6. The average Bonchev–Trinajstić information content (AvgIpc) is 2.31. The molecule has 0 radical (unpaired) electrons. The second kappa shape index (κ2) is 7.27. The highest BCUT2D eigenvalue weighted by atomic mass is 35.5. The summed E-state index contributed by atoms with van der Waals surface area (Å²) in [5.74, 6) is 0.570. The van der Waals surface area contributed by atoms with Gasteiger partial charge >= 0.3 is 0 Å². The molecule has 0 aliphatic heterocycles. The molecule has 0 amide bonds. The zero-order chi connectivity index (χ0) is 13.5. The van der Waals surface area contributed by atoms with E-state index in [2.05, 4.69) is 24.9 Å². The van der Waals surface area contributed by atoms with E-state index in [4.69, 9.17) is 11.6 Å². The van der Waals surface area contributed by atoms with E-state index in [0.717, 1.165) is 23.6 Å². The van der Waals surface area contributed by atoms with Gasteiger partial charge in [0.25, 0.3) is 0 Å². The first-order valence-corrected chi connectivity index (χ1v) is 6.71. The number of nitrogens with one attached hydrogen (secondary N) is 1. The van der Waals surface area contributed by atoms with Crippen molar-refractivity contribution in [1.29, 1.82) is 0 Å². The van der Waals surface area contributed by atoms with Crippen molar-refractivity contribution in [2.45, 2.75) is 27.2 Å². The largest absolute Gasteiger partial charge is 0.391 e. The van der Waals surface area contributed by atoms with Crippen LogP contribution in [0.4, 0.5) is 0 Å². The summed E-state index contributed by atoms with van der Waals surface area (Å²) in [6, 6.07) is 6.07. The van der Waals surface area contributed by atoms with Gasteiger partial charge in [-0.1, -0.05) is 42.8 Å². The Kier molecular flexibility index (Phi) is 6.00. The molecule has 2 heteroatoms. The van der Waals surface area contributed by atoms with Gasteiger partial charge in [0.2, 0.25) is 0 Å². The van der Waals surface area contributed by atoms with Crippen molar-refractivity contribution < 1.29 is 0 Å². The van der Waals surface area contributed by atoms with Gasteiger partial charge in [-0.25, -0.2) is 0 Å². The molecule has 0 aromatic heterocycles. The summed E-state index contributed by atoms with van der Waals surface area (Å²) in [4.78, 5) is 0. The van der Waals surface area contributed by atoms with Crippen LogP contribution in [0.3, 0.4) is 0 Å². The van der Waals surface area contributed by atoms with E-state index < -0.39 is 0 Å². The lowest BCUT2D eigenvalue weighted by molar-refractivity contribution is 0.553. The number of hydrogen-bond donors (Lipinski definition) is 1. The Morgan fingerprint density at radius 3 is 2.83 bits per heavy atom.